The molecule has 1 amide bonds. The molecule has 0 bridgehead atoms. The van der Waals surface area contributed by atoms with E-state index in [1.165, 1.54) is 6.92 Å². The van der Waals surface area contributed by atoms with Gasteiger partial charge in [0.1, 0.15) is 0 Å². The van der Waals surface area contributed by atoms with Gasteiger partial charge in [0.25, 0.3) is 0 Å². The molecule has 1 N–H and O–H groups in total. The standard InChI is InChI=1S/C11H13N3O2/c1-8-7-11(16,14(13-8)9(2)15)10-3-5-12-6-4-10/h3-6,16H,7H2,1-2H3/t11-/m0/s1. The van der Waals surface area contributed by atoms with Gasteiger partial charge in [0.2, 0.25) is 5.91 Å². The van der Waals surface area contributed by atoms with E-state index in [4.69, 9.17) is 0 Å². The lowest BCUT2D eigenvalue weighted by Gasteiger charge is -2.30. The van der Waals surface area contributed by atoms with E-state index in [1.54, 1.807) is 31.5 Å². The van der Waals surface area contributed by atoms with Crippen molar-refractivity contribution in [3.8, 4) is 0 Å². The van der Waals surface area contributed by atoms with Gasteiger partial charge in [-0.05, 0) is 19.1 Å². The monoisotopic (exact) mass is 219 g/mol. The summed E-state index contributed by atoms with van der Waals surface area (Å²) in [6.07, 6.45) is 3.50. The average Bonchev–Trinajstić information content (AvgIpc) is 2.57. The lowest BCUT2D eigenvalue weighted by atomic mass is 9.99. The van der Waals surface area contributed by atoms with Crippen LogP contribution >= 0.6 is 0 Å². The van der Waals surface area contributed by atoms with Crippen LogP contribution in [0.15, 0.2) is 29.6 Å². The van der Waals surface area contributed by atoms with Gasteiger partial charge in [0.05, 0.1) is 0 Å². The highest BCUT2D eigenvalue weighted by Crippen LogP contribution is 2.34. The van der Waals surface area contributed by atoms with Gasteiger partial charge in [-0.2, -0.15) is 10.1 Å². The third-order valence-corrected chi connectivity index (χ3v) is 2.56. The fourth-order valence-corrected chi connectivity index (χ4v) is 1.89. The quantitative estimate of drug-likeness (QED) is 0.761. The molecule has 16 heavy (non-hydrogen) atoms. The van der Waals surface area contributed by atoms with Gasteiger partial charge in [0.15, 0.2) is 5.72 Å². The third kappa shape index (κ3) is 1.59. The molecule has 0 radical (unpaired) electrons. The van der Waals surface area contributed by atoms with Crippen LogP contribution in [0, 0.1) is 0 Å². The summed E-state index contributed by atoms with van der Waals surface area (Å²) in [5, 5.41) is 15.7. The van der Waals surface area contributed by atoms with Gasteiger partial charge in [0, 0.05) is 37.0 Å². The number of amides is 1. The summed E-state index contributed by atoms with van der Waals surface area (Å²) in [4.78, 5) is 15.3. The van der Waals surface area contributed by atoms with Crippen LogP contribution in [0.1, 0.15) is 25.8 Å². The molecule has 5 nitrogen and oxygen atoms in total. The Morgan fingerprint density at radius 1 is 1.50 bits per heavy atom. The molecular weight excluding hydrogens is 206 g/mol. The molecular formula is C11H13N3O2. The van der Waals surface area contributed by atoms with Crippen molar-refractivity contribution >= 4 is 11.6 Å². The number of hydrazone groups is 1. The molecule has 0 unspecified atom stereocenters. The minimum absolute atomic E-state index is 0.281. The highest BCUT2D eigenvalue weighted by atomic mass is 16.3. The molecule has 1 aromatic heterocycles. The topological polar surface area (TPSA) is 65.8 Å². The number of pyridine rings is 1. The molecule has 0 aromatic carbocycles. The Hall–Kier alpha value is -1.75. The second kappa shape index (κ2) is 3.68. The maximum atomic E-state index is 11.4. The molecule has 0 saturated heterocycles. The molecule has 0 aliphatic carbocycles. The first-order valence-corrected chi connectivity index (χ1v) is 5.02. The van der Waals surface area contributed by atoms with Crippen LogP contribution in [0.3, 0.4) is 0 Å². The van der Waals surface area contributed by atoms with Gasteiger partial charge < -0.3 is 5.11 Å². The van der Waals surface area contributed by atoms with Crippen molar-refractivity contribution in [2.75, 3.05) is 0 Å². The number of hydrogen-bond acceptors (Lipinski definition) is 4. The Morgan fingerprint density at radius 3 is 2.69 bits per heavy atom. The van der Waals surface area contributed by atoms with E-state index in [0.29, 0.717) is 12.0 Å². The summed E-state index contributed by atoms with van der Waals surface area (Å²) < 4.78 is 0. The fraction of sp³-hybridized carbons (Fsp3) is 0.364. The van der Waals surface area contributed by atoms with Crippen LogP contribution in [0.2, 0.25) is 0 Å². The molecule has 2 rings (SSSR count). The minimum Gasteiger partial charge on any atom is -0.365 e. The molecule has 1 aliphatic rings. The summed E-state index contributed by atoms with van der Waals surface area (Å²) in [5.74, 6) is -0.281. The van der Waals surface area contributed by atoms with Crippen LogP contribution in [0.25, 0.3) is 0 Å². The number of rotatable bonds is 1. The van der Waals surface area contributed by atoms with Crippen molar-refractivity contribution in [2.45, 2.75) is 26.0 Å². The highest BCUT2D eigenvalue weighted by molar-refractivity contribution is 5.88. The lowest BCUT2D eigenvalue weighted by molar-refractivity contribution is -0.155. The first-order chi connectivity index (χ1) is 7.54. The Bertz CT molecular complexity index is 444. The van der Waals surface area contributed by atoms with E-state index in [-0.39, 0.29) is 5.91 Å². The zero-order valence-electron chi connectivity index (χ0n) is 9.21. The molecule has 0 fully saturated rings. The minimum atomic E-state index is -1.36. The van der Waals surface area contributed by atoms with E-state index in [2.05, 4.69) is 10.1 Å². The van der Waals surface area contributed by atoms with Crippen molar-refractivity contribution < 1.29 is 9.90 Å². The van der Waals surface area contributed by atoms with Crippen LogP contribution in [0.4, 0.5) is 0 Å². The molecule has 1 aromatic rings. The zero-order chi connectivity index (χ0) is 11.8. The number of carbonyl (C=O) groups excluding carboxylic acids is 1. The number of aromatic nitrogens is 1. The predicted molar refractivity (Wildman–Crippen MR) is 58.4 cm³/mol. The first kappa shape index (κ1) is 10.8. The highest BCUT2D eigenvalue weighted by Gasteiger charge is 2.43. The largest absolute Gasteiger partial charge is 0.365 e. The Morgan fingerprint density at radius 2 is 2.12 bits per heavy atom. The van der Waals surface area contributed by atoms with Crippen molar-refractivity contribution in [2.24, 2.45) is 5.10 Å². The average molecular weight is 219 g/mol. The van der Waals surface area contributed by atoms with Gasteiger partial charge in [-0.3, -0.25) is 9.78 Å². The van der Waals surface area contributed by atoms with Crippen molar-refractivity contribution in [1.82, 2.24) is 9.99 Å². The number of nitrogens with zero attached hydrogens (tertiary/aromatic N) is 3. The number of carbonyl (C=O) groups is 1. The van der Waals surface area contributed by atoms with Crippen molar-refractivity contribution in [3.05, 3.63) is 30.1 Å². The van der Waals surface area contributed by atoms with Crippen LogP contribution in [-0.4, -0.2) is 26.7 Å². The normalized spacial score (nSPS) is 24.4. The summed E-state index contributed by atoms with van der Waals surface area (Å²) in [6.45, 7) is 3.17. The van der Waals surface area contributed by atoms with Crippen LogP contribution < -0.4 is 0 Å². The number of aliphatic hydroxyl groups is 1. The second-order valence-corrected chi connectivity index (χ2v) is 3.90. The van der Waals surface area contributed by atoms with Crippen LogP contribution in [0.5, 0.6) is 0 Å². The molecule has 1 atom stereocenters. The van der Waals surface area contributed by atoms with Crippen LogP contribution in [-0.2, 0) is 10.5 Å². The van der Waals surface area contributed by atoms with E-state index >= 15 is 0 Å². The maximum Gasteiger partial charge on any atom is 0.242 e. The SMILES string of the molecule is CC(=O)N1N=C(C)C[C@]1(O)c1ccncc1. The lowest BCUT2D eigenvalue weighted by Crippen LogP contribution is -2.42. The summed E-state index contributed by atoms with van der Waals surface area (Å²) in [5.41, 5.74) is -0.00779. The van der Waals surface area contributed by atoms with Gasteiger partial charge in [-0.1, -0.05) is 0 Å². The first-order valence-electron chi connectivity index (χ1n) is 5.02. The van der Waals surface area contributed by atoms with E-state index in [0.717, 1.165) is 10.7 Å². The number of hydrogen-bond donors (Lipinski definition) is 1. The Balaban J connectivity index is 2.43. The summed E-state index contributed by atoms with van der Waals surface area (Å²) in [7, 11) is 0. The van der Waals surface area contributed by atoms with Crippen molar-refractivity contribution in [1.29, 1.82) is 0 Å². The fourth-order valence-electron chi connectivity index (χ4n) is 1.89. The van der Waals surface area contributed by atoms with Gasteiger partial charge >= 0.3 is 0 Å². The second-order valence-electron chi connectivity index (χ2n) is 3.90. The Labute approximate surface area is 93.4 Å². The molecule has 5 heteroatoms. The maximum absolute atomic E-state index is 11.4. The molecule has 0 spiro atoms. The van der Waals surface area contributed by atoms with E-state index < -0.39 is 5.72 Å². The molecule has 0 saturated carbocycles. The van der Waals surface area contributed by atoms with Gasteiger partial charge in [-0.15, -0.1) is 0 Å². The predicted octanol–water partition coefficient (Wildman–Crippen LogP) is 0.855. The van der Waals surface area contributed by atoms with E-state index in [1.807, 2.05) is 0 Å². The Kier molecular flexibility index (Phi) is 2.47. The molecule has 1 aliphatic heterocycles. The molecule has 2 heterocycles. The summed E-state index contributed by atoms with van der Waals surface area (Å²) >= 11 is 0. The summed E-state index contributed by atoms with van der Waals surface area (Å²) in [6, 6.07) is 3.37. The zero-order valence-corrected chi connectivity index (χ0v) is 9.21. The van der Waals surface area contributed by atoms with Gasteiger partial charge in [-0.25, -0.2) is 0 Å². The van der Waals surface area contributed by atoms with Crippen molar-refractivity contribution in [3.63, 3.8) is 0 Å². The smallest absolute Gasteiger partial charge is 0.242 e. The molecule has 84 valence electrons. The third-order valence-electron chi connectivity index (χ3n) is 2.56. The van der Waals surface area contributed by atoms with E-state index in [9.17, 15) is 9.90 Å².